The smallest absolute Gasteiger partial charge is 0.227 e. The molecule has 6 heteroatoms. The summed E-state index contributed by atoms with van der Waals surface area (Å²) in [5, 5.41) is 0. The first kappa shape index (κ1) is 20.0. The molecule has 0 aliphatic carbocycles. The highest BCUT2D eigenvalue weighted by Crippen LogP contribution is 2.30. The topological polar surface area (TPSA) is 63.4 Å². The summed E-state index contributed by atoms with van der Waals surface area (Å²) in [6.45, 7) is 3.05. The number of aromatic nitrogens is 1. The number of aryl methyl sites for hydroxylation is 1. The van der Waals surface area contributed by atoms with Gasteiger partial charge in [0.2, 0.25) is 15.9 Å². The van der Waals surface area contributed by atoms with Crippen molar-refractivity contribution in [1.29, 1.82) is 0 Å². The van der Waals surface area contributed by atoms with E-state index in [1.54, 1.807) is 4.31 Å². The second-order valence-electron chi connectivity index (χ2n) is 8.21. The van der Waals surface area contributed by atoms with Crippen molar-refractivity contribution in [2.75, 3.05) is 12.8 Å². The van der Waals surface area contributed by atoms with Crippen LogP contribution in [0.15, 0.2) is 65.1 Å². The van der Waals surface area contributed by atoms with Crippen LogP contribution in [-0.2, 0) is 29.4 Å². The van der Waals surface area contributed by atoms with E-state index < -0.39 is 10.0 Å². The number of hydrogen-bond donors (Lipinski definition) is 0. The van der Waals surface area contributed by atoms with E-state index in [0.717, 1.165) is 40.6 Å². The first-order valence-electron chi connectivity index (χ1n) is 10.4. The Labute approximate surface area is 182 Å². The zero-order chi connectivity index (χ0) is 21.6. The molecule has 1 aromatic heterocycles. The van der Waals surface area contributed by atoms with Crippen LogP contribution in [0.5, 0.6) is 0 Å². The van der Waals surface area contributed by atoms with Gasteiger partial charge in [-0.1, -0.05) is 42.5 Å². The van der Waals surface area contributed by atoms with Gasteiger partial charge in [0, 0.05) is 18.7 Å². The summed E-state index contributed by atoms with van der Waals surface area (Å²) in [5.41, 5.74) is 8.56. The number of nitrogens with zero attached hydrogens (tertiary/aromatic N) is 2. The minimum absolute atomic E-state index is 0.448. The lowest BCUT2D eigenvalue weighted by molar-refractivity contribution is 0.394. The van der Waals surface area contributed by atoms with Gasteiger partial charge < -0.3 is 4.42 Å². The van der Waals surface area contributed by atoms with Gasteiger partial charge in [-0.05, 0) is 65.8 Å². The molecule has 0 saturated carbocycles. The molecule has 2 heterocycles. The van der Waals surface area contributed by atoms with E-state index in [1.807, 2.05) is 36.4 Å². The molecular weight excluding hydrogens is 408 g/mol. The fraction of sp³-hybridized carbons (Fsp3) is 0.240. The summed E-state index contributed by atoms with van der Waals surface area (Å²) in [4.78, 5) is 4.66. The highest BCUT2D eigenvalue weighted by atomic mass is 32.2. The summed E-state index contributed by atoms with van der Waals surface area (Å²) < 4.78 is 31.5. The molecule has 5 rings (SSSR count). The molecule has 31 heavy (non-hydrogen) atoms. The highest BCUT2D eigenvalue weighted by molar-refractivity contribution is 7.88. The summed E-state index contributed by atoms with van der Waals surface area (Å²) in [6, 6.07) is 20.4. The van der Waals surface area contributed by atoms with Gasteiger partial charge in [-0.25, -0.2) is 13.4 Å². The Morgan fingerprint density at radius 2 is 1.90 bits per heavy atom. The maximum absolute atomic E-state index is 12.0. The van der Waals surface area contributed by atoms with Crippen molar-refractivity contribution in [2.24, 2.45) is 0 Å². The van der Waals surface area contributed by atoms with Gasteiger partial charge in [-0.3, -0.25) is 0 Å². The molecule has 0 atom stereocenters. The Hall–Kier alpha value is -2.96. The molecule has 0 amide bonds. The van der Waals surface area contributed by atoms with Gasteiger partial charge in [0.25, 0.3) is 0 Å². The third-order valence-electron chi connectivity index (χ3n) is 6.02. The van der Waals surface area contributed by atoms with Crippen molar-refractivity contribution in [2.45, 2.75) is 26.3 Å². The Balaban J connectivity index is 1.47. The first-order chi connectivity index (χ1) is 14.9. The molecule has 3 aromatic carbocycles. The van der Waals surface area contributed by atoms with Crippen LogP contribution >= 0.6 is 0 Å². The molecule has 4 aromatic rings. The molecule has 5 nitrogen and oxygen atoms in total. The van der Waals surface area contributed by atoms with E-state index in [9.17, 15) is 8.42 Å². The van der Waals surface area contributed by atoms with Crippen LogP contribution in [0.4, 0.5) is 0 Å². The van der Waals surface area contributed by atoms with Gasteiger partial charge in [-0.2, -0.15) is 4.31 Å². The summed E-state index contributed by atoms with van der Waals surface area (Å²) in [7, 11) is -3.18. The van der Waals surface area contributed by atoms with Gasteiger partial charge in [0.1, 0.15) is 5.52 Å². The fourth-order valence-electron chi connectivity index (χ4n) is 4.33. The Morgan fingerprint density at radius 1 is 1.06 bits per heavy atom. The number of benzene rings is 3. The average molecular weight is 433 g/mol. The van der Waals surface area contributed by atoms with Crippen LogP contribution in [-0.4, -0.2) is 30.5 Å². The van der Waals surface area contributed by atoms with E-state index in [2.05, 4.69) is 36.2 Å². The van der Waals surface area contributed by atoms with Crippen LogP contribution < -0.4 is 0 Å². The number of sulfonamides is 1. The molecule has 0 N–H and O–H groups in total. The normalized spacial score (nSPS) is 14.6. The van der Waals surface area contributed by atoms with E-state index in [4.69, 9.17) is 4.42 Å². The monoisotopic (exact) mass is 432 g/mol. The van der Waals surface area contributed by atoms with Gasteiger partial charge >= 0.3 is 0 Å². The predicted octanol–water partition coefficient (Wildman–Crippen LogP) is 4.71. The van der Waals surface area contributed by atoms with Crippen molar-refractivity contribution in [3.63, 3.8) is 0 Å². The molecule has 0 bridgehead atoms. The molecule has 0 unspecified atom stereocenters. The number of hydrogen-bond acceptors (Lipinski definition) is 4. The van der Waals surface area contributed by atoms with Crippen molar-refractivity contribution in [3.8, 4) is 11.5 Å². The van der Waals surface area contributed by atoms with Gasteiger partial charge in [0.05, 0.1) is 6.26 Å². The quantitative estimate of drug-likeness (QED) is 0.468. The van der Waals surface area contributed by atoms with Gasteiger partial charge in [0.15, 0.2) is 5.58 Å². The molecule has 0 saturated heterocycles. The molecule has 158 valence electrons. The summed E-state index contributed by atoms with van der Waals surface area (Å²) >= 11 is 0. The van der Waals surface area contributed by atoms with Crippen molar-refractivity contribution < 1.29 is 12.8 Å². The lowest BCUT2D eigenvalue weighted by Crippen LogP contribution is -2.35. The molecule has 0 radical (unpaired) electrons. The lowest BCUT2D eigenvalue weighted by atomic mass is 9.91. The van der Waals surface area contributed by atoms with Crippen LogP contribution in [0, 0.1) is 6.92 Å². The Morgan fingerprint density at radius 3 is 2.71 bits per heavy atom. The molecular formula is C25H24N2O3S. The average Bonchev–Trinajstić information content (AvgIpc) is 3.18. The fourth-order valence-corrected chi connectivity index (χ4v) is 5.12. The molecule has 1 aliphatic rings. The van der Waals surface area contributed by atoms with Crippen LogP contribution in [0.25, 0.3) is 22.6 Å². The molecule has 0 fully saturated rings. The van der Waals surface area contributed by atoms with E-state index in [-0.39, 0.29) is 0 Å². The second-order valence-corrected chi connectivity index (χ2v) is 10.2. The molecule has 0 spiro atoms. The standard InChI is InChI=1S/C25H24N2O3S/c1-17-10-11-18(15-22(17)25-26-23-8-3-4-9-24(23)30-25)14-19-6-5-7-20-16-27(31(2,28)29)13-12-21(19)20/h3-11,15H,12-14,16H2,1-2H3. The number of oxazole rings is 1. The van der Waals surface area contributed by atoms with Crippen molar-refractivity contribution in [3.05, 3.63) is 88.5 Å². The summed E-state index contributed by atoms with van der Waals surface area (Å²) in [6.07, 6.45) is 2.81. The largest absolute Gasteiger partial charge is 0.436 e. The van der Waals surface area contributed by atoms with Crippen LogP contribution in [0.1, 0.15) is 27.8 Å². The SMILES string of the molecule is Cc1ccc(Cc2cccc3c2CCN(S(C)(=O)=O)C3)cc1-c1nc2ccccc2o1. The number of rotatable bonds is 4. The zero-order valence-electron chi connectivity index (χ0n) is 17.6. The van der Waals surface area contributed by atoms with Crippen molar-refractivity contribution >= 4 is 21.1 Å². The summed E-state index contributed by atoms with van der Waals surface area (Å²) in [5.74, 6) is 0.638. The minimum Gasteiger partial charge on any atom is -0.436 e. The maximum atomic E-state index is 12.0. The van der Waals surface area contributed by atoms with E-state index in [0.29, 0.717) is 19.0 Å². The number of para-hydroxylation sites is 2. The third kappa shape index (κ3) is 3.89. The Bertz CT molecular complexity index is 1360. The molecule has 1 aliphatic heterocycles. The minimum atomic E-state index is -3.18. The third-order valence-corrected chi connectivity index (χ3v) is 7.27. The second kappa shape index (κ2) is 7.62. The highest BCUT2D eigenvalue weighted by Gasteiger charge is 2.24. The first-order valence-corrected chi connectivity index (χ1v) is 12.2. The predicted molar refractivity (Wildman–Crippen MR) is 122 cm³/mol. The van der Waals surface area contributed by atoms with E-state index in [1.165, 1.54) is 22.9 Å². The van der Waals surface area contributed by atoms with Crippen LogP contribution in [0.3, 0.4) is 0 Å². The van der Waals surface area contributed by atoms with E-state index >= 15 is 0 Å². The van der Waals surface area contributed by atoms with Crippen molar-refractivity contribution in [1.82, 2.24) is 9.29 Å². The lowest BCUT2D eigenvalue weighted by Gasteiger charge is -2.28. The van der Waals surface area contributed by atoms with Gasteiger partial charge in [-0.15, -0.1) is 0 Å². The zero-order valence-corrected chi connectivity index (χ0v) is 18.4. The number of fused-ring (bicyclic) bond motifs is 2. The maximum Gasteiger partial charge on any atom is 0.227 e. The Kier molecular flexibility index (Phi) is 4.91. The van der Waals surface area contributed by atoms with Crippen LogP contribution in [0.2, 0.25) is 0 Å².